The van der Waals surface area contributed by atoms with Gasteiger partial charge >= 0.3 is 5.97 Å². The fourth-order valence-corrected chi connectivity index (χ4v) is 1.96. The Morgan fingerprint density at radius 1 is 1.29 bits per heavy atom. The van der Waals surface area contributed by atoms with E-state index in [2.05, 4.69) is 17.2 Å². The number of carbonyl (C=O) groups is 1. The molecule has 0 aliphatic heterocycles. The van der Waals surface area contributed by atoms with E-state index >= 15 is 0 Å². The van der Waals surface area contributed by atoms with Gasteiger partial charge in [-0.25, -0.2) is 9.48 Å². The summed E-state index contributed by atoms with van der Waals surface area (Å²) in [6.07, 6.45) is 5.61. The first-order valence-corrected chi connectivity index (χ1v) is 7.03. The molecule has 5 heteroatoms. The van der Waals surface area contributed by atoms with Crippen molar-refractivity contribution in [1.29, 1.82) is 0 Å². The second kappa shape index (κ2) is 6.83. The van der Waals surface area contributed by atoms with Crippen LogP contribution in [0.3, 0.4) is 0 Å². The number of aromatic carboxylic acids is 1. The highest BCUT2D eigenvalue weighted by Gasteiger charge is 2.16. The molecular formula is C16H19N3O2. The van der Waals surface area contributed by atoms with Crippen molar-refractivity contribution in [1.82, 2.24) is 15.0 Å². The van der Waals surface area contributed by atoms with Gasteiger partial charge in [0.05, 0.1) is 5.69 Å². The molecule has 0 fully saturated rings. The predicted octanol–water partition coefficient (Wildman–Crippen LogP) is 3.26. The third-order valence-electron chi connectivity index (χ3n) is 3.21. The van der Waals surface area contributed by atoms with Crippen molar-refractivity contribution in [3.63, 3.8) is 0 Å². The average Bonchev–Trinajstić information content (AvgIpc) is 2.87. The second-order valence-electron chi connectivity index (χ2n) is 4.95. The number of nitrogens with zero attached hydrogens (tertiary/aromatic N) is 3. The lowest BCUT2D eigenvalue weighted by Crippen LogP contribution is -2.05. The fraction of sp³-hybridized carbons (Fsp3) is 0.312. The van der Waals surface area contributed by atoms with Gasteiger partial charge in [-0.3, -0.25) is 0 Å². The molecule has 0 radical (unpaired) electrons. The number of benzene rings is 1. The molecule has 1 aromatic heterocycles. The zero-order valence-corrected chi connectivity index (χ0v) is 12.3. The minimum atomic E-state index is -1.05. The smallest absolute Gasteiger partial charge is 0.358 e. The summed E-state index contributed by atoms with van der Waals surface area (Å²) < 4.78 is 1.65. The molecule has 0 saturated carbocycles. The van der Waals surface area contributed by atoms with Gasteiger partial charge in [-0.15, -0.1) is 5.10 Å². The van der Waals surface area contributed by atoms with Gasteiger partial charge in [-0.2, -0.15) is 0 Å². The Balaban J connectivity index is 2.29. The minimum Gasteiger partial charge on any atom is -0.476 e. The highest BCUT2D eigenvalue weighted by molar-refractivity contribution is 5.90. The maximum absolute atomic E-state index is 11.2. The Hall–Kier alpha value is -2.43. The Morgan fingerprint density at radius 2 is 2.00 bits per heavy atom. The Labute approximate surface area is 123 Å². The Kier molecular flexibility index (Phi) is 4.87. The lowest BCUT2D eigenvalue weighted by atomic mass is 10.1. The molecule has 2 rings (SSSR count). The van der Waals surface area contributed by atoms with Gasteiger partial charge in [0.2, 0.25) is 0 Å². The van der Waals surface area contributed by atoms with Crippen molar-refractivity contribution in [2.75, 3.05) is 0 Å². The van der Waals surface area contributed by atoms with E-state index in [1.54, 1.807) is 10.8 Å². The van der Waals surface area contributed by atoms with Crippen LogP contribution in [0.4, 0.5) is 0 Å². The summed E-state index contributed by atoms with van der Waals surface area (Å²) in [6.45, 7) is 4.78. The quantitative estimate of drug-likeness (QED) is 0.884. The lowest BCUT2D eigenvalue weighted by molar-refractivity contribution is 0.0690. The van der Waals surface area contributed by atoms with Crippen molar-refractivity contribution in [3.8, 4) is 0 Å². The van der Waals surface area contributed by atoms with Crippen LogP contribution in [0.15, 0.2) is 24.3 Å². The summed E-state index contributed by atoms with van der Waals surface area (Å²) in [6, 6.07) is 8.02. The first-order chi connectivity index (χ1) is 10.1. The van der Waals surface area contributed by atoms with Gasteiger partial charge in [-0.05, 0) is 25.0 Å². The van der Waals surface area contributed by atoms with Crippen LogP contribution in [-0.4, -0.2) is 26.1 Å². The molecule has 1 heterocycles. The minimum absolute atomic E-state index is 0.00513. The molecule has 110 valence electrons. The van der Waals surface area contributed by atoms with E-state index in [0.717, 1.165) is 18.4 Å². The zero-order chi connectivity index (χ0) is 15.2. The molecular weight excluding hydrogens is 266 g/mol. The van der Waals surface area contributed by atoms with Gasteiger partial charge < -0.3 is 5.11 Å². The highest BCUT2D eigenvalue weighted by Crippen LogP contribution is 2.13. The molecule has 0 unspecified atom stereocenters. The van der Waals surface area contributed by atoms with Crippen LogP contribution in [0.1, 0.15) is 47.1 Å². The zero-order valence-electron chi connectivity index (χ0n) is 12.3. The van der Waals surface area contributed by atoms with Crippen LogP contribution in [0.25, 0.3) is 12.2 Å². The van der Waals surface area contributed by atoms with Crippen LogP contribution < -0.4 is 0 Å². The van der Waals surface area contributed by atoms with E-state index in [1.807, 2.05) is 37.3 Å². The molecule has 0 aliphatic carbocycles. The van der Waals surface area contributed by atoms with Crippen LogP contribution in [0.5, 0.6) is 0 Å². The predicted molar refractivity (Wildman–Crippen MR) is 82.0 cm³/mol. The molecule has 1 aromatic carbocycles. The number of aromatic nitrogens is 3. The summed E-state index contributed by atoms with van der Waals surface area (Å²) in [7, 11) is 0. The van der Waals surface area contributed by atoms with Gasteiger partial charge in [0, 0.05) is 6.54 Å². The van der Waals surface area contributed by atoms with E-state index in [-0.39, 0.29) is 5.69 Å². The normalized spacial score (nSPS) is 11.1. The number of hydrogen-bond donors (Lipinski definition) is 1. The number of rotatable bonds is 6. The summed E-state index contributed by atoms with van der Waals surface area (Å²) >= 11 is 0. The Morgan fingerprint density at radius 3 is 2.62 bits per heavy atom. The van der Waals surface area contributed by atoms with Crippen molar-refractivity contribution in [3.05, 3.63) is 46.8 Å². The third kappa shape index (κ3) is 3.78. The molecule has 5 nitrogen and oxygen atoms in total. The van der Waals surface area contributed by atoms with Crippen LogP contribution in [0.2, 0.25) is 0 Å². The number of carboxylic acid groups (broad SMARTS) is 1. The Bertz CT molecular complexity index is 642. The molecule has 0 spiro atoms. The molecule has 1 N–H and O–H groups in total. The lowest BCUT2D eigenvalue weighted by Gasteiger charge is -2.02. The molecule has 0 aliphatic rings. The maximum Gasteiger partial charge on any atom is 0.358 e. The number of carboxylic acids is 1. The number of hydrogen-bond acceptors (Lipinski definition) is 3. The van der Waals surface area contributed by atoms with Crippen molar-refractivity contribution in [2.24, 2.45) is 0 Å². The molecule has 0 atom stereocenters. The van der Waals surface area contributed by atoms with Gasteiger partial charge in [0.15, 0.2) is 5.69 Å². The number of aryl methyl sites for hydroxylation is 2. The standard InChI is InChI=1S/C16H19N3O2/c1-3-4-11-19-14(15(16(20)21)17-18-19)10-9-13-7-5-12(2)6-8-13/h5-10H,3-4,11H2,1-2H3,(H,20,21)/b10-9+. The largest absolute Gasteiger partial charge is 0.476 e. The van der Waals surface area contributed by atoms with Gasteiger partial charge in [0.25, 0.3) is 0 Å². The van der Waals surface area contributed by atoms with E-state index < -0.39 is 5.97 Å². The fourth-order valence-electron chi connectivity index (χ4n) is 1.96. The van der Waals surface area contributed by atoms with Crippen molar-refractivity contribution >= 4 is 18.1 Å². The van der Waals surface area contributed by atoms with Crippen molar-refractivity contribution in [2.45, 2.75) is 33.2 Å². The topological polar surface area (TPSA) is 68.0 Å². The molecule has 21 heavy (non-hydrogen) atoms. The highest BCUT2D eigenvalue weighted by atomic mass is 16.4. The molecule has 0 bridgehead atoms. The number of unbranched alkanes of at least 4 members (excludes halogenated alkanes) is 1. The average molecular weight is 285 g/mol. The van der Waals surface area contributed by atoms with Gasteiger partial charge in [-0.1, -0.05) is 54.5 Å². The van der Waals surface area contributed by atoms with Crippen LogP contribution in [-0.2, 0) is 6.54 Å². The van der Waals surface area contributed by atoms with Crippen LogP contribution in [0, 0.1) is 6.92 Å². The van der Waals surface area contributed by atoms with Crippen LogP contribution >= 0.6 is 0 Å². The van der Waals surface area contributed by atoms with E-state index in [0.29, 0.717) is 12.2 Å². The summed E-state index contributed by atoms with van der Waals surface area (Å²) in [5.41, 5.74) is 2.74. The summed E-state index contributed by atoms with van der Waals surface area (Å²) in [5.74, 6) is -1.05. The molecule has 0 amide bonds. The monoisotopic (exact) mass is 285 g/mol. The maximum atomic E-state index is 11.2. The first kappa shape index (κ1) is 15.0. The first-order valence-electron chi connectivity index (χ1n) is 7.03. The van der Waals surface area contributed by atoms with E-state index in [9.17, 15) is 9.90 Å². The third-order valence-corrected chi connectivity index (χ3v) is 3.21. The van der Waals surface area contributed by atoms with Gasteiger partial charge in [0.1, 0.15) is 0 Å². The van der Waals surface area contributed by atoms with E-state index in [1.165, 1.54) is 5.56 Å². The van der Waals surface area contributed by atoms with Crippen molar-refractivity contribution < 1.29 is 9.90 Å². The summed E-state index contributed by atoms with van der Waals surface area (Å²) in [5, 5.41) is 16.9. The van der Waals surface area contributed by atoms with E-state index in [4.69, 9.17) is 0 Å². The summed E-state index contributed by atoms with van der Waals surface area (Å²) in [4.78, 5) is 11.2. The molecule has 2 aromatic rings. The second-order valence-corrected chi connectivity index (χ2v) is 4.95. The SMILES string of the molecule is CCCCn1nnc(C(=O)O)c1/C=C/c1ccc(C)cc1. The molecule has 0 saturated heterocycles.